The van der Waals surface area contributed by atoms with E-state index in [1.165, 1.54) is 14.2 Å². The minimum Gasteiger partial charge on any atom is -0.466 e. The Hall–Kier alpha value is -2.43. The highest BCUT2D eigenvalue weighted by Crippen LogP contribution is 2.21. The number of methoxy groups -OCH3 is 2. The van der Waals surface area contributed by atoms with Gasteiger partial charge < -0.3 is 9.47 Å². The fourth-order valence-corrected chi connectivity index (χ4v) is 2.09. The maximum absolute atomic E-state index is 11.7. The van der Waals surface area contributed by atoms with Gasteiger partial charge >= 0.3 is 11.9 Å². The minimum atomic E-state index is -0.610. The number of rotatable bonds is 4. The van der Waals surface area contributed by atoms with Crippen molar-refractivity contribution in [1.82, 2.24) is 0 Å². The summed E-state index contributed by atoms with van der Waals surface area (Å²) in [7, 11) is 4.33. The van der Waals surface area contributed by atoms with Crippen LogP contribution in [0, 0.1) is 13.8 Å². The lowest BCUT2D eigenvalue weighted by Gasteiger charge is -2.05. The van der Waals surface area contributed by atoms with Gasteiger partial charge in [0.2, 0.25) is 5.69 Å². The molecular formula is C16H20NO4+. The molecule has 0 amide bonds. The Morgan fingerprint density at radius 3 is 2.14 bits per heavy atom. The number of benzene rings is 1. The molecule has 0 atom stereocenters. The van der Waals surface area contributed by atoms with Crippen molar-refractivity contribution in [1.29, 1.82) is 0 Å². The van der Waals surface area contributed by atoms with Gasteiger partial charge in [-0.25, -0.2) is 14.2 Å². The van der Waals surface area contributed by atoms with Crippen LogP contribution in [0.5, 0.6) is 0 Å². The van der Waals surface area contributed by atoms with Gasteiger partial charge in [-0.2, -0.15) is 0 Å². The highest BCUT2D eigenvalue weighted by molar-refractivity contribution is 6.12. The lowest BCUT2D eigenvalue weighted by atomic mass is 10.1. The van der Waals surface area contributed by atoms with E-state index in [0.717, 1.165) is 22.9 Å². The maximum atomic E-state index is 11.7. The first kappa shape index (κ1) is 16.6. The topological polar surface area (TPSA) is 55.6 Å². The number of hydrogen-bond donors (Lipinski definition) is 0. The van der Waals surface area contributed by atoms with Crippen molar-refractivity contribution in [2.24, 2.45) is 0 Å². The van der Waals surface area contributed by atoms with E-state index < -0.39 is 11.9 Å². The molecule has 0 aromatic heterocycles. The molecule has 0 fully saturated rings. The van der Waals surface area contributed by atoms with Crippen LogP contribution in [0.4, 0.5) is 5.69 Å². The van der Waals surface area contributed by atoms with Crippen LogP contribution in [-0.4, -0.2) is 44.0 Å². The molecule has 0 saturated carbocycles. The number of carbonyl (C=O) groups is 2. The molecule has 0 saturated heterocycles. The number of para-hydroxylation sites is 1. The van der Waals surface area contributed by atoms with Crippen molar-refractivity contribution in [3.8, 4) is 0 Å². The molecule has 112 valence electrons. The largest absolute Gasteiger partial charge is 0.466 e. The fraction of sp³-hybridized carbons (Fsp3) is 0.312. The van der Waals surface area contributed by atoms with E-state index in [9.17, 15) is 9.59 Å². The van der Waals surface area contributed by atoms with Gasteiger partial charge in [0.15, 0.2) is 6.21 Å². The molecule has 0 spiro atoms. The van der Waals surface area contributed by atoms with Crippen LogP contribution in [0.15, 0.2) is 29.8 Å². The second-order valence-electron chi connectivity index (χ2n) is 4.59. The first-order valence-electron chi connectivity index (χ1n) is 6.42. The summed E-state index contributed by atoms with van der Waals surface area (Å²) in [6, 6.07) is 5.93. The molecule has 0 N–H and O–H groups in total. The SMILES string of the molecule is COC(=O)/C=C(/C=[N+](C)c1c(C)cccc1C)C(=O)OC. The van der Waals surface area contributed by atoms with Gasteiger partial charge in [0, 0.05) is 17.2 Å². The molecule has 0 aliphatic carbocycles. The van der Waals surface area contributed by atoms with E-state index >= 15 is 0 Å². The van der Waals surface area contributed by atoms with Crippen LogP contribution in [0.3, 0.4) is 0 Å². The quantitative estimate of drug-likeness (QED) is 0.368. The third kappa shape index (κ3) is 4.27. The monoisotopic (exact) mass is 290 g/mol. The molecule has 21 heavy (non-hydrogen) atoms. The highest BCUT2D eigenvalue weighted by Gasteiger charge is 2.17. The van der Waals surface area contributed by atoms with Gasteiger partial charge in [-0.3, -0.25) is 0 Å². The van der Waals surface area contributed by atoms with E-state index in [2.05, 4.69) is 9.47 Å². The van der Waals surface area contributed by atoms with E-state index in [-0.39, 0.29) is 5.57 Å². The number of esters is 2. The van der Waals surface area contributed by atoms with Crippen molar-refractivity contribution >= 4 is 23.8 Å². The predicted octanol–water partition coefficient (Wildman–Crippen LogP) is 1.92. The van der Waals surface area contributed by atoms with Crippen molar-refractivity contribution in [3.63, 3.8) is 0 Å². The summed E-state index contributed by atoms with van der Waals surface area (Å²) in [5, 5.41) is 0. The van der Waals surface area contributed by atoms with E-state index in [1.54, 1.807) is 10.8 Å². The zero-order valence-corrected chi connectivity index (χ0v) is 13.0. The maximum Gasteiger partial charge on any atom is 0.344 e. The van der Waals surface area contributed by atoms with Gasteiger partial charge in [0.25, 0.3) is 0 Å². The van der Waals surface area contributed by atoms with Crippen LogP contribution >= 0.6 is 0 Å². The van der Waals surface area contributed by atoms with E-state index in [0.29, 0.717) is 0 Å². The van der Waals surface area contributed by atoms with Crippen molar-refractivity contribution in [3.05, 3.63) is 41.0 Å². The molecule has 1 aromatic rings. The molecule has 0 bridgehead atoms. The molecule has 0 heterocycles. The number of ether oxygens (including phenoxy) is 2. The van der Waals surface area contributed by atoms with Gasteiger partial charge in [-0.05, 0) is 13.8 Å². The summed E-state index contributed by atoms with van der Waals surface area (Å²) in [6.07, 6.45) is 2.66. The first-order valence-corrected chi connectivity index (χ1v) is 6.42. The standard InChI is InChI=1S/C16H20NO4/c1-11-7-6-8-12(2)15(11)17(3)10-13(16(19)21-5)9-14(18)20-4/h6-10H,1-5H3/q+1/b13-9-,17-10?. The van der Waals surface area contributed by atoms with Crippen LogP contribution < -0.4 is 0 Å². The Morgan fingerprint density at radius 2 is 1.67 bits per heavy atom. The van der Waals surface area contributed by atoms with Gasteiger partial charge in [0.1, 0.15) is 12.6 Å². The first-order chi connectivity index (χ1) is 9.90. The van der Waals surface area contributed by atoms with E-state index in [1.807, 2.05) is 39.1 Å². The summed E-state index contributed by atoms with van der Waals surface area (Å²) in [5.41, 5.74) is 3.22. The molecule has 1 aromatic carbocycles. The molecule has 5 heteroatoms. The Kier molecular flexibility index (Phi) is 5.84. The molecule has 0 unspecified atom stereocenters. The smallest absolute Gasteiger partial charge is 0.344 e. The summed E-state index contributed by atoms with van der Waals surface area (Å²) < 4.78 is 11.0. The molecule has 5 nitrogen and oxygen atoms in total. The summed E-state index contributed by atoms with van der Waals surface area (Å²) in [4.78, 5) is 23.1. The molecule has 0 radical (unpaired) electrons. The van der Waals surface area contributed by atoms with Gasteiger partial charge in [-0.15, -0.1) is 0 Å². The Balaban J connectivity index is 3.31. The van der Waals surface area contributed by atoms with Crippen LogP contribution in [-0.2, 0) is 19.1 Å². The lowest BCUT2D eigenvalue weighted by Crippen LogP contribution is -2.14. The third-order valence-corrected chi connectivity index (χ3v) is 3.02. The average Bonchev–Trinajstić information content (AvgIpc) is 2.45. The number of aryl methyl sites for hydroxylation is 2. The Labute approximate surface area is 124 Å². The van der Waals surface area contributed by atoms with Crippen molar-refractivity contribution in [2.45, 2.75) is 13.8 Å². The number of carbonyl (C=O) groups excluding carboxylic acids is 2. The second kappa shape index (κ2) is 7.38. The molecule has 1 rings (SSSR count). The van der Waals surface area contributed by atoms with Crippen molar-refractivity contribution < 1.29 is 23.6 Å². The molecular weight excluding hydrogens is 270 g/mol. The van der Waals surface area contributed by atoms with Crippen LogP contribution in [0.1, 0.15) is 11.1 Å². The number of nitrogens with zero attached hydrogens (tertiary/aromatic N) is 1. The van der Waals surface area contributed by atoms with Crippen molar-refractivity contribution in [2.75, 3.05) is 21.3 Å². The minimum absolute atomic E-state index is 0.120. The second-order valence-corrected chi connectivity index (χ2v) is 4.59. The zero-order valence-electron chi connectivity index (χ0n) is 13.0. The molecule has 0 aliphatic rings. The zero-order chi connectivity index (χ0) is 16.0. The summed E-state index contributed by atoms with van der Waals surface area (Å²) >= 11 is 0. The third-order valence-electron chi connectivity index (χ3n) is 3.02. The molecule has 0 aliphatic heterocycles. The van der Waals surface area contributed by atoms with Gasteiger partial charge in [-0.1, -0.05) is 18.2 Å². The summed E-state index contributed by atoms with van der Waals surface area (Å²) in [5.74, 6) is -1.21. The Bertz CT molecular complexity index is 594. The van der Waals surface area contributed by atoms with E-state index in [4.69, 9.17) is 0 Å². The van der Waals surface area contributed by atoms with Gasteiger partial charge in [0.05, 0.1) is 14.2 Å². The average molecular weight is 290 g/mol. The normalized spacial score (nSPS) is 12.0. The summed E-state index contributed by atoms with van der Waals surface area (Å²) in [6.45, 7) is 3.96. The van der Waals surface area contributed by atoms with Crippen LogP contribution in [0.25, 0.3) is 0 Å². The fourth-order valence-electron chi connectivity index (χ4n) is 2.09. The highest BCUT2D eigenvalue weighted by atomic mass is 16.5. The number of hydrogen-bond acceptors (Lipinski definition) is 4. The Morgan fingerprint density at radius 1 is 1.10 bits per heavy atom. The van der Waals surface area contributed by atoms with Crippen LogP contribution in [0.2, 0.25) is 0 Å². The lowest BCUT2D eigenvalue weighted by molar-refractivity contribution is -0.400. The predicted molar refractivity (Wildman–Crippen MR) is 79.9 cm³/mol.